The van der Waals surface area contributed by atoms with Crippen LogP contribution in [0.15, 0.2) is 4.99 Å². The Labute approximate surface area is 131 Å². The summed E-state index contributed by atoms with van der Waals surface area (Å²) in [5.41, 5.74) is 0. The Morgan fingerprint density at radius 3 is 2.57 bits per heavy atom. The number of nitrogens with zero attached hydrogens (tertiary/aromatic N) is 2. The van der Waals surface area contributed by atoms with Gasteiger partial charge in [0, 0.05) is 12.3 Å². The monoisotopic (exact) mass is 316 g/mol. The first-order valence-electron chi connectivity index (χ1n) is 8.13. The smallest absolute Gasteiger partial charge is 0.160 e. The van der Waals surface area contributed by atoms with E-state index in [-0.39, 0.29) is 12.6 Å². The van der Waals surface area contributed by atoms with Gasteiger partial charge in [0.05, 0.1) is 18.7 Å². The van der Waals surface area contributed by atoms with Crippen LogP contribution < -0.4 is 0 Å². The minimum absolute atomic E-state index is 0.106. The van der Waals surface area contributed by atoms with Crippen molar-refractivity contribution < 1.29 is 15.3 Å². The number of unbranched alkanes of at least 4 members (excludes halogenated alkanes) is 5. The van der Waals surface area contributed by atoms with Crippen molar-refractivity contribution in [2.75, 3.05) is 18.9 Å². The quantitative estimate of drug-likeness (QED) is 0.587. The average molecular weight is 316 g/mol. The highest BCUT2D eigenvalue weighted by Crippen LogP contribution is 2.36. The van der Waals surface area contributed by atoms with Gasteiger partial charge in [0.1, 0.15) is 12.2 Å². The van der Waals surface area contributed by atoms with Gasteiger partial charge in [-0.15, -0.1) is 0 Å². The van der Waals surface area contributed by atoms with Crippen LogP contribution in [0.3, 0.4) is 0 Å². The van der Waals surface area contributed by atoms with Crippen molar-refractivity contribution in [2.24, 2.45) is 4.99 Å². The van der Waals surface area contributed by atoms with Crippen molar-refractivity contribution in [1.29, 1.82) is 0 Å². The highest BCUT2D eigenvalue weighted by molar-refractivity contribution is 8.14. The van der Waals surface area contributed by atoms with Crippen molar-refractivity contribution >= 4 is 16.9 Å². The Bertz CT molecular complexity index is 352. The van der Waals surface area contributed by atoms with E-state index in [2.05, 4.69) is 11.9 Å². The lowest BCUT2D eigenvalue weighted by molar-refractivity contribution is 0.0206. The minimum Gasteiger partial charge on any atom is -0.394 e. The molecule has 2 aliphatic heterocycles. The lowest BCUT2D eigenvalue weighted by Gasteiger charge is -2.24. The predicted molar refractivity (Wildman–Crippen MR) is 86.7 cm³/mol. The molecule has 5 nitrogen and oxygen atoms in total. The SMILES string of the molecule is CCCCCCCCN=C1SC[C@@H]2[C@@H](O)[C@H](O)[C@@H](CO)N12. The van der Waals surface area contributed by atoms with Crippen LogP contribution in [0, 0.1) is 0 Å². The predicted octanol–water partition coefficient (Wildman–Crippen LogP) is 1.22. The van der Waals surface area contributed by atoms with E-state index in [0.717, 1.165) is 23.9 Å². The van der Waals surface area contributed by atoms with Crippen LogP contribution in [0.2, 0.25) is 0 Å². The van der Waals surface area contributed by atoms with E-state index >= 15 is 0 Å². The molecule has 122 valence electrons. The molecule has 0 aromatic heterocycles. The topological polar surface area (TPSA) is 76.3 Å². The van der Waals surface area contributed by atoms with E-state index in [4.69, 9.17) is 0 Å². The van der Waals surface area contributed by atoms with Crippen LogP contribution in [0.1, 0.15) is 45.4 Å². The highest BCUT2D eigenvalue weighted by atomic mass is 32.2. The zero-order valence-corrected chi connectivity index (χ0v) is 13.6. The van der Waals surface area contributed by atoms with Gasteiger partial charge in [0.15, 0.2) is 5.17 Å². The summed E-state index contributed by atoms with van der Waals surface area (Å²) in [5, 5.41) is 30.3. The average Bonchev–Trinajstić information content (AvgIpc) is 2.99. The fraction of sp³-hybridized carbons (Fsp3) is 0.933. The largest absolute Gasteiger partial charge is 0.394 e. The zero-order chi connectivity index (χ0) is 15.2. The summed E-state index contributed by atoms with van der Waals surface area (Å²) in [4.78, 5) is 6.55. The molecule has 0 unspecified atom stereocenters. The van der Waals surface area contributed by atoms with Gasteiger partial charge in [-0.25, -0.2) is 0 Å². The molecular weight excluding hydrogens is 288 g/mol. The second-order valence-corrected chi connectivity index (χ2v) is 6.94. The van der Waals surface area contributed by atoms with E-state index in [1.807, 2.05) is 4.90 Å². The standard InChI is InChI=1S/C15H28N2O3S/c1-2-3-4-5-6-7-8-16-15-17-11(9-18)13(19)14(20)12(17)10-21-15/h11-14,18-20H,2-10H2,1H3/t11-,12-,13-,14-/m1/s1. The van der Waals surface area contributed by atoms with E-state index in [1.165, 1.54) is 32.1 Å². The number of fused-ring (bicyclic) bond motifs is 1. The molecule has 0 aromatic carbocycles. The fourth-order valence-corrected chi connectivity index (χ4v) is 4.40. The van der Waals surface area contributed by atoms with Gasteiger partial charge >= 0.3 is 0 Å². The second-order valence-electron chi connectivity index (χ2n) is 5.95. The number of aliphatic hydroxyl groups is 3. The molecule has 0 radical (unpaired) electrons. The highest BCUT2D eigenvalue weighted by Gasteiger charge is 2.51. The molecule has 2 rings (SSSR count). The number of aliphatic imine (C=N–C) groups is 1. The number of amidine groups is 1. The number of hydrogen-bond donors (Lipinski definition) is 3. The first kappa shape index (κ1) is 17.1. The van der Waals surface area contributed by atoms with Crippen LogP contribution >= 0.6 is 11.8 Å². The van der Waals surface area contributed by atoms with Gasteiger partial charge in [0.25, 0.3) is 0 Å². The van der Waals surface area contributed by atoms with E-state index in [1.54, 1.807) is 11.8 Å². The van der Waals surface area contributed by atoms with Crippen LogP contribution in [0.5, 0.6) is 0 Å². The molecule has 4 atom stereocenters. The van der Waals surface area contributed by atoms with Gasteiger partial charge in [-0.2, -0.15) is 0 Å². The minimum atomic E-state index is -0.875. The number of hydrogen-bond acceptors (Lipinski definition) is 5. The summed E-state index contributed by atoms with van der Waals surface area (Å²) in [7, 11) is 0. The molecule has 2 heterocycles. The first-order chi connectivity index (χ1) is 10.2. The molecule has 0 bridgehead atoms. The Kier molecular flexibility index (Phi) is 6.79. The van der Waals surface area contributed by atoms with Crippen LogP contribution in [0.25, 0.3) is 0 Å². The van der Waals surface area contributed by atoms with Crippen molar-refractivity contribution in [3.8, 4) is 0 Å². The van der Waals surface area contributed by atoms with E-state index in [0.29, 0.717) is 0 Å². The summed E-state index contributed by atoms with van der Waals surface area (Å²) in [6.45, 7) is 2.86. The Hall–Kier alpha value is -0.300. The van der Waals surface area contributed by atoms with Gasteiger partial charge < -0.3 is 20.2 Å². The van der Waals surface area contributed by atoms with Gasteiger partial charge in [-0.3, -0.25) is 4.99 Å². The van der Waals surface area contributed by atoms with Gasteiger partial charge in [0.2, 0.25) is 0 Å². The summed E-state index contributed by atoms with van der Waals surface area (Å²) < 4.78 is 0. The van der Waals surface area contributed by atoms with Gasteiger partial charge in [-0.05, 0) is 6.42 Å². The molecule has 0 aromatic rings. The maximum absolute atomic E-state index is 10.0. The molecule has 2 saturated heterocycles. The third-order valence-corrected chi connectivity index (χ3v) is 5.51. The normalized spacial score (nSPS) is 33.9. The van der Waals surface area contributed by atoms with Crippen LogP contribution in [-0.2, 0) is 0 Å². The molecule has 0 amide bonds. The summed E-state index contributed by atoms with van der Waals surface area (Å²) in [6.07, 6.45) is 5.80. The molecule has 0 aliphatic carbocycles. The second kappa shape index (κ2) is 8.36. The molecule has 2 fully saturated rings. The van der Waals surface area contributed by atoms with Gasteiger partial charge in [-0.1, -0.05) is 50.8 Å². The van der Waals surface area contributed by atoms with E-state index < -0.39 is 18.2 Å². The Morgan fingerprint density at radius 2 is 1.86 bits per heavy atom. The maximum atomic E-state index is 10.0. The van der Waals surface area contributed by atoms with Crippen LogP contribution in [-0.4, -0.2) is 68.6 Å². The summed E-state index contributed by atoms with van der Waals surface area (Å²) in [5.74, 6) is 0.740. The maximum Gasteiger partial charge on any atom is 0.160 e. The zero-order valence-electron chi connectivity index (χ0n) is 12.8. The molecule has 6 heteroatoms. The first-order valence-corrected chi connectivity index (χ1v) is 9.11. The molecule has 3 N–H and O–H groups in total. The number of aliphatic hydroxyl groups excluding tert-OH is 3. The fourth-order valence-electron chi connectivity index (χ4n) is 3.12. The molecule has 0 saturated carbocycles. The van der Waals surface area contributed by atoms with Crippen molar-refractivity contribution in [2.45, 2.75) is 69.7 Å². The van der Waals surface area contributed by atoms with Crippen LogP contribution in [0.4, 0.5) is 0 Å². The molecule has 0 spiro atoms. The summed E-state index contributed by atoms with van der Waals surface area (Å²) >= 11 is 1.62. The van der Waals surface area contributed by atoms with Crippen molar-refractivity contribution in [3.63, 3.8) is 0 Å². The van der Waals surface area contributed by atoms with Crippen molar-refractivity contribution in [1.82, 2.24) is 4.90 Å². The van der Waals surface area contributed by atoms with E-state index in [9.17, 15) is 15.3 Å². The number of rotatable bonds is 8. The molecule has 2 aliphatic rings. The number of thioether (sulfide) groups is 1. The Balaban J connectivity index is 1.79. The summed E-state index contributed by atoms with van der Waals surface area (Å²) in [6, 6.07) is -0.520. The third-order valence-electron chi connectivity index (χ3n) is 4.40. The third kappa shape index (κ3) is 3.92. The lowest BCUT2D eigenvalue weighted by Crippen LogP contribution is -2.41. The Morgan fingerprint density at radius 1 is 1.14 bits per heavy atom. The molecular formula is C15H28N2O3S. The molecule has 21 heavy (non-hydrogen) atoms. The van der Waals surface area contributed by atoms with Crippen molar-refractivity contribution in [3.05, 3.63) is 0 Å². The lowest BCUT2D eigenvalue weighted by atomic mass is 10.1.